The van der Waals surface area contributed by atoms with Crippen LogP contribution in [0, 0.1) is 0 Å². The van der Waals surface area contributed by atoms with E-state index in [1.165, 1.54) is 6.33 Å². The maximum Gasteiger partial charge on any atom is 0.220 e. The molecule has 1 aromatic rings. The molecule has 2 aliphatic heterocycles. The first kappa shape index (κ1) is 16.0. The Morgan fingerprint density at radius 3 is 2.91 bits per heavy atom. The Morgan fingerprint density at radius 2 is 2.17 bits per heavy atom. The van der Waals surface area contributed by atoms with Crippen LogP contribution < -0.4 is 15.4 Å². The Labute approximate surface area is 136 Å². The van der Waals surface area contributed by atoms with Crippen LogP contribution >= 0.6 is 0 Å². The second-order valence-electron chi connectivity index (χ2n) is 6.32. The molecule has 0 aliphatic carbocycles. The van der Waals surface area contributed by atoms with Crippen LogP contribution in [0.4, 0.5) is 5.82 Å². The number of ether oxygens (including phenoxy) is 1. The van der Waals surface area contributed by atoms with E-state index in [0.717, 1.165) is 51.1 Å². The standard InChI is InChI=1S/C16H25N5O2/c1-23-16-9-14(17-11-18-16)19-12-5-7-21(8-6-12)10-13-3-2-4-15(22)20-13/h9,11-13H,2-8,10H2,1H3,(H,20,22)(H,17,18,19). The summed E-state index contributed by atoms with van der Waals surface area (Å²) < 4.78 is 5.12. The second-order valence-corrected chi connectivity index (χ2v) is 6.32. The highest BCUT2D eigenvalue weighted by molar-refractivity contribution is 5.76. The summed E-state index contributed by atoms with van der Waals surface area (Å²) in [6.45, 7) is 3.07. The van der Waals surface area contributed by atoms with Crippen molar-refractivity contribution in [2.75, 3.05) is 32.1 Å². The molecule has 126 valence electrons. The first-order chi connectivity index (χ1) is 11.2. The van der Waals surface area contributed by atoms with Gasteiger partial charge in [-0.25, -0.2) is 9.97 Å². The molecule has 2 saturated heterocycles. The van der Waals surface area contributed by atoms with Crippen molar-refractivity contribution >= 4 is 11.7 Å². The molecule has 2 fully saturated rings. The van der Waals surface area contributed by atoms with Crippen LogP contribution in [0.25, 0.3) is 0 Å². The number of nitrogens with one attached hydrogen (secondary N) is 2. The molecule has 1 unspecified atom stereocenters. The highest BCUT2D eigenvalue weighted by Crippen LogP contribution is 2.18. The lowest BCUT2D eigenvalue weighted by Crippen LogP contribution is -2.49. The largest absolute Gasteiger partial charge is 0.481 e. The number of hydrogen-bond acceptors (Lipinski definition) is 6. The summed E-state index contributed by atoms with van der Waals surface area (Å²) >= 11 is 0. The van der Waals surface area contributed by atoms with E-state index in [-0.39, 0.29) is 5.91 Å². The number of carbonyl (C=O) groups is 1. The van der Waals surface area contributed by atoms with E-state index in [4.69, 9.17) is 4.74 Å². The highest BCUT2D eigenvalue weighted by atomic mass is 16.5. The van der Waals surface area contributed by atoms with Crippen molar-refractivity contribution in [1.29, 1.82) is 0 Å². The van der Waals surface area contributed by atoms with Gasteiger partial charge in [-0.2, -0.15) is 0 Å². The predicted molar refractivity (Wildman–Crippen MR) is 87.5 cm³/mol. The van der Waals surface area contributed by atoms with E-state index in [9.17, 15) is 4.79 Å². The minimum absolute atomic E-state index is 0.204. The molecule has 1 atom stereocenters. The van der Waals surface area contributed by atoms with Crippen molar-refractivity contribution in [3.05, 3.63) is 12.4 Å². The normalized spacial score (nSPS) is 23.3. The van der Waals surface area contributed by atoms with E-state index in [1.54, 1.807) is 7.11 Å². The van der Waals surface area contributed by atoms with E-state index in [0.29, 0.717) is 24.4 Å². The van der Waals surface area contributed by atoms with Gasteiger partial charge in [0.1, 0.15) is 12.1 Å². The molecule has 2 aliphatic rings. The molecular weight excluding hydrogens is 294 g/mol. The molecule has 0 bridgehead atoms. The minimum Gasteiger partial charge on any atom is -0.481 e. The number of piperidine rings is 2. The summed E-state index contributed by atoms with van der Waals surface area (Å²) in [6, 6.07) is 2.57. The first-order valence-corrected chi connectivity index (χ1v) is 8.37. The van der Waals surface area contributed by atoms with Gasteiger partial charge in [0.05, 0.1) is 7.11 Å². The Morgan fingerprint density at radius 1 is 1.35 bits per heavy atom. The molecule has 23 heavy (non-hydrogen) atoms. The summed E-state index contributed by atoms with van der Waals surface area (Å²) in [4.78, 5) is 22.2. The highest BCUT2D eigenvalue weighted by Gasteiger charge is 2.24. The molecule has 0 spiro atoms. The third-order valence-electron chi connectivity index (χ3n) is 4.59. The van der Waals surface area contributed by atoms with Crippen molar-refractivity contribution < 1.29 is 9.53 Å². The van der Waals surface area contributed by atoms with Crippen LogP contribution in [0.1, 0.15) is 32.1 Å². The van der Waals surface area contributed by atoms with Crippen molar-refractivity contribution in [3.63, 3.8) is 0 Å². The number of hydrogen-bond donors (Lipinski definition) is 2. The molecule has 1 aromatic heterocycles. The fraction of sp³-hybridized carbons (Fsp3) is 0.688. The maximum absolute atomic E-state index is 11.5. The van der Waals surface area contributed by atoms with E-state index in [1.807, 2.05) is 6.07 Å². The molecule has 0 aromatic carbocycles. The van der Waals surface area contributed by atoms with Crippen LogP contribution in [0.5, 0.6) is 5.88 Å². The van der Waals surface area contributed by atoms with Crippen molar-refractivity contribution in [1.82, 2.24) is 20.2 Å². The summed E-state index contributed by atoms with van der Waals surface area (Å²) in [7, 11) is 1.61. The smallest absolute Gasteiger partial charge is 0.220 e. The number of nitrogens with zero attached hydrogens (tertiary/aromatic N) is 3. The quantitative estimate of drug-likeness (QED) is 0.844. The molecule has 3 heterocycles. The molecular formula is C16H25N5O2. The van der Waals surface area contributed by atoms with Gasteiger partial charge in [-0.15, -0.1) is 0 Å². The second kappa shape index (κ2) is 7.59. The lowest BCUT2D eigenvalue weighted by atomic mass is 10.0. The zero-order valence-corrected chi connectivity index (χ0v) is 13.6. The minimum atomic E-state index is 0.204. The van der Waals surface area contributed by atoms with Gasteiger partial charge >= 0.3 is 0 Å². The maximum atomic E-state index is 11.5. The fourth-order valence-corrected chi connectivity index (χ4v) is 3.33. The van der Waals surface area contributed by atoms with Crippen LogP contribution in [0.2, 0.25) is 0 Å². The molecule has 0 saturated carbocycles. The molecule has 2 N–H and O–H groups in total. The lowest BCUT2D eigenvalue weighted by molar-refractivity contribution is -0.123. The van der Waals surface area contributed by atoms with Gasteiger partial charge in [0.2, 0.25) is 11.8 Å². The molecule has 0 radical (unpaired) electrons. The van der Waals surface area contributed by atoms with Crippen molar-refractivity contribution in [2.24, 2.45) is 0 Å². The van der Waals surface area contributed by atoms with Gasteiger partial charge in [-0.1, -0.05) is 0 Å². The Kier molecular flexibility index (Phi) is 5.27. The van der Waals surface area contributed by atoms with Gasteiger partial charge in [-0.05, 0) is 25.7 Å². The van der Waals surface area contributed by atoms with Crippen LogP contribution in [0.3, 0.4) is 0 Å². The average molecular weight is 319 g/mol. The molecule has 7 heteroatoms. The molecule has 7 nitrogen and oxygen atoms in total. The number of anilines is 1. The zero-order valence-electron chi connectivity index (χ0n) is 13.6. The summed E-state index contributed by atoms with van der Waals surface area (Å²) in [5, 5.41) is 6.56. The topological polar surface area (TPSA) is 79.4 Å². The zero-order chi connectivity index (χ0) is 16.1. The van der Waals surface area contributed by atoms with Gasteiger partial charge in [0.15, 0.2) is 0 Å². The molecule has 3 rings (SSSR count). The first-order valence-electron chi connectivity index (χ1n) is 8.37. The van der Waals surface area contributed by atoms with Crippen molar-refractivity contribution in [2.45, 2.75) is 44.2 Å². The number of amides is 1. The average Bonchev–Trinajstić information content (AvgIpc) is 2.57. The van der Waals surface area contributed by atoms with E-state index >= 15 is 0 Å². The number of aromatic nitrogens is 2. The summed E-state index contributed by atoms with van der Waals surface area (Å²) in [5.74, 6) is 1.60. The third-order valence-corrected chi connectivity index (χ3v) is 4.59. The van der Waals surface area contributed by atoms with E-state index < -0.39 is 0 Å². The SMILES string of the molecule is COc1cc(NC2CCN(CC3CCCC(=O)N3)CC2)ncn1. The Hall–Kier alpha value is -1.89. The summed E-state index contributed by atoms with van der Waals surface area (Å²) in [6.07, 6.45) is 6.47. The van der Waals surface area contributed by atoms with Crippen molar-refractivity contribution in [3.8, 4) is 5.88 Å². The third kappa shape index (κ3) is 4.54. The predicted octanol–water partition coefficient (Wildman–Crippen LogP) is 1.03. The number of carbonyl (C=O) groups excluding carboxylic acids is 1. The van der Waals surface area contributed by atoms with Crippen LogP contribution in [-0.2, 0) is 4.79 Å². The summed E-state index contributed by atoms with van der Waals surface area (Å²) in [5.41, 5.74) is 0. The van der Waals surface area contributed by atoms with Crippen LogP contribution in [0.15, 0.2) is 12.4 Å². The number of methoxy groups -OCH3 is 1. The van der Waals surface area contributed by atoms with Crippen LogP contribution in [-0.4, -0.2) is 59.6 Å². The lowest BCUT2D eigenvalue weighted by Gasteiger charge is -2.35. The van der Waals surface area contributed by atoms with Gasteiger partial charge < -0.3 is 20.3 Å². The number of likely N-dealkylation sites (tertiary alicyclic amines) is 1. The van der Waals surface area contributed by atoms with Gasteiger partial charge in [0.25, 0.3) is 0 Å². The Bertz CT molecular complexity index is 531. The van der Waals surface area contributed by atoms with E-state index in [2.05, 4.69) is 25.5 Å². The molecule has 1 amide bonds. The monoisotopic (exact) mass is 319 g/mol. The van der Waals surface area contributed by atoms with Gasteiger partial charge in [-0.3, -0.25) is 4.79 Å². The van der Waals surface area contributed by atoms with Gasteiger partial charge in [0, 0.05) is 44.2 Å². The fourth-order valence-electron chi connectivity index (χ4n) is 3.33. The number of rotatable bonds is 5. The Balaban J connectivity index is 1.43.